The third-order valence-corrected chi connectivity index (χ3v) is 4.05. The lowest BCUT2D eigenvalue weighted by molar-refractivity contribution is 0.690. The van der Waals surface area contributed by atoms with Gasteiger partial charge in [0.25, 0.3) is 5.56 Å². The number of H-pyrrole nitrogens is 1. The Hall–Kier alpha value is -0.680. The molecule has 4 nitrogen and oxygen atoms in total. The fraction of sp³-hybridized carbons (Fsp3) is 0.556. The molecular formula is C9H12ClN3OS. The van der Waals surface area contributed by atoms with Gasteiger partial charge < -0.3 is 9.88 Å². The highest BCUT2D eigenvalue weighted by atomic mass is 35.5. The summed E-state index contributed by atoms with van der Waals surface area (Å²) in [6, 6.07) is 0.432. The van der Waals surface area contributed by atoms with Crippen LogP contribution >= 0.6 is 23.4 Å². The summed E-state index contributed by atoms with van der Waals surface area (Å²) in [6.45, 7) is 0. The van der Waals surface area contributed by atoms with Crippen LogP contribution in [0.15, 0.2) is 11.1 Å². The minimum Gasteiger partial charge on any atom is -0.354 e. The van der Waals surface area contributed by atoms with Crippen LogP contribution in [0.1, 0.15) is 6.42 Å². The number of aromatic amines is 1. The Morgan fingerprint density at radius 1 is 1.73 bits per heavy atom. The van der Waals surface area contributed by atoms with E-state index in [9.17, 15) is 4.79 Å². The van der Waals surface area contributed by atoms with Crippen molar-refractivity contribution < 1.29 is 0 Å². The van der Waals surface area contributed by atoms with Crippen molar-refractivity contribution in [3.63, 3.8) is 0 Å². The monoisotopic (exact) mass is 245 g/mol. The number of hydrogen-bond donors (Lipinski definition) is 1. The first-order chi connectivity index (χ1) is 7.20. The van der Waals surface area contributed by atoms with Crippen molar-refractivity contribution >= 4 is 29.2 Å². The molecule has 0 aliphatic carbocycles. The smallest absolute Gasteiger partial charge is 0.271 e. The van der Waals surface area contributed by atoms with Crippen molar-refractivity contribution in [2.24, 2.45) is 0 Å². The molecule has 1 fully saturated rings. The van der Waals surface area contributed by atoms with E-state index in [1.807, 2.05) is 23.7 Å². The highest BCUT2D eigenvalue weighted by Gasteiger charge is 2.23. The van der Waals surface area contributed by atoms with E-state index in [1.54, 1.807) is 0 Å². The fourth-order valence-electron chi connectivity index (χ4n) is 1.62. The first-order valence-electron chi connectivity index (χ1n) is 4.74. The summed E-state index contributed by atoms with van der Waals surface area (Å²) in [4.78, 5) is 19.9. The number of nitrogens with zero attached hydrogens (tertiary/aromatic N) is 2. The van der Waals surface area contributed by atoms with Crippen LogP contribution in [-0.2, 0) is 0 Å². The SMILES string of the molecule is CN(c1nc[nH]c(=O)c1Cl)C1CCSC1. The minimum absolute atomic E-state index is 0.178. The number of nitrogens with one attached hydrogen (secondary N) is 1. The second-order valence-corrected chi connectivity index (χ2v) is 5.03. The summed E-state index contributed by atoms with van der Waals surface area (Å²) in [5.41, 5.74) is -0.279. The van der Waals surface area contributed by atoms with Gasteiger partial charge >= 0.3 is 0 Å². The Bertz CT molecular complexity index is 403. The Kier molecular flexibility index (Phi) is 3.21. The summed E-state index contributed by atoms with van der Waals surface area (Å²) >= 11 is 7.83. The molecule has 0 radical (unpaired) electrons. The van der Waals surface area contributed by atoms with Gasteiger partial charge in [-0.25, -0.2) is 4.98 Å². The quantitative estimate of drug-likeness (QED) is 0.855. The van der Waals surface area contributed by atoms with Gasteiger partial charge in [0.15, 0.2) is 5.82 Å². The van der Waals surface area contributed by atoms with Crippen molar-refractivity contribution in [1.29, 1.82) is 0 Å². The van der Waals surface area contributed by atoms with Crippen LogP contribution in [0.5, 0.6) is 0 Å². The normalized spacial score (nSPS) is 20.5. The van der Waals surface area contributed by atoms with Gasteiger partial charge in [0.2, 0.25) is 0 Å². The van der Waals surface area contributed by atoms with Gasteiger partial charge in [0.05, 0.1) is 6.33 Å². The molecule has 2 rings (SSSR count). The van der Waals surface area contributed by atoms with Crippen molar-refractivity contribution in [3.8, 4) is 0 Å². The van der Waals surface area contributed by atoms with Gasteiger partial charge in [-0.15, -0.1) is 0 Å². The largest absolute Gasteiger partial charge is 0.354 e. The van der Waals surface area contributed by atoms with Gasteiger partial charge in [0.1, 0.15) is 5.02 Å². The molecule has 0 aromatic carbocycles. The van der Waals surface area contributed by atoms with E-state index in [0.717, 1.165) is 17.9 Å². The predicted octanol–water partition coefficient (Wildman–Crippen LogP) is 1.36. The van der Waals surface area contributed by atoms with Crippen LogP contribution in [-0.4, -0.2) is 34.6 Å². The van der Waals surface area contributed by atoms with Gasteiger partial charge in [0, 0.05) is 18.8 Å². The lowest BCUT2D eigenvalue weighted by Crippen LogP contribution is -2.33. The first kappa shape index (κ1) is 10.8. The van der Waals surface area contributed by atoms with Crippen LogP contribution in [0, 0.1) is 0 Å². The molecule has 0 spiro atoms. The van der Waals surface area contributed by atoms with Gasteiger partial charge in [-0.2, -0.15) is 11.8 Å². The van der Waals surface area contributed by atoms with Gasteiger partial charge in [-0.05, 0) is 12.2 Å². The van der Waals surface area contributed by atoms with Gasteiger partial charge in [-0.1, -0.05) is 11.6 Å². The molecule has 1 unspecified atom stereocenters. The second kappa shape index (κ2) is 4.45. The molecule has 1 aromatic rings. The number of rotatable bonds is 2. The van der Waals surface area contributed by atoms with Crippen molar-refractivity contribution in [2.45, 2.75) is 12.5 Å². The van der Waals surface area contributed by atoms with E-state index < -0.39 is 0 Å². The maximum Gasteiger partial charge on any atom is 0.271 e. The molecule has 1 atom stereocenters. The maximum atomic E-state index is 11.3. The van der Waals surface area contributed by atoms with Crippen molar-refractivity contribution in [2.75, 3.05) is 23.5 Å². The zero-order valence-corrected chi connectivity index (χ0v) is 9.94. The van der Waals surface area contributed by atoms with Crippen LogP contribution in [0.2, 0.25) is 5.02 Å². The van der Waals surface area contributed by atoms with Crippen LogP contribution < -0.4 is 10.5 Å². The number of hydrogen-bond acceptors (Lipinski definition) is 4. The molecule has 15 heavy (non-hydrogen) atoms. The average molecular weight is 246 g/mol. The van der Waals surface area contributed by atoms with E-state index >= 15 is 0 Å². The highest BCUT2D eigenvalue weighted by molar-refractivity contribution is 7.99. The van der Waals surface area contributed by atoms with E-state index in [4.69, 9.17) is 11.6 Å². The van der Waals surface area contributed by atoms with E-state index in [2.05, 4.69) is 9.97 Å². The Labute approximate surface area is 97.0 Å². The summed E-state index contributed by atoms with van der Waals surface area (Å²) < 4.78 is 0. The summed E-state index contributed by atoms with van der Waals surface area (Å²) in [5, 5.41) is 0.178. The lowest BCUT2D eigenvalue weighted by atomic mass is 10.2. The van der Waals surface area contributed by atoms with E-state index in [-0.39, 0.29) is 10.6 Å². The molecule has 0 saturated carbocycles. The van der Waals surface area contributed by atoms with E-state index in [1.165, 1.54) is 6.33 Å². The van der Waals surface area contributed by atoms with Crippen molar-refractivity contribution in [1.82, 2.24) is 9.97 Å². The van der Waals surface area contributed by atoms with E-state index in [0.29, 0.717) is 11.9 Å². The Morgan fingerprint density at radius 2 is 2.53 bits per heavy atom. The zero-order valence-electron chi connectivity index (χ0n) is 8.36. The second-order valence-electron chi connectivity index (χ2n) is 3.50. The molecule has 1 N–H and O–H groups in total. The first-order valence-corrected chi connectivity index (χ1v) is 6.27. The molecule has 1 aliphatic heterocycles. The molecule has 2 heterocycles. The molecule has 0 amide bonds. The Morgan fingerprint density at radius 3 is 3.20 bits per heavy atom. The van der Waals surface area contributed by atoms with Crippen molar-refractivity contribution in [3.05, 3.63) is 21.7 Å². The highest BCUT2D eigenvalue weighted by Crippen LogP contribution is 2.26. The number of thioether (sulfide) groups is 1. The molecule has 6 heteroatoms. The number of anilines is 1. The number of halogens is 1. The van der Waals surface area contributed by atoms with Gasteiger partial charge in [-0.3, -0.25) is 4.79 Å². The molecule has 1 saturated heterocycles. The standard InChI is InChI=1S/C9H12ClN3OS/c1-13(6-2-3-15-4-6)8-7(10)9(14)12-5-11-8/h5-6H,2-4H2,1H3,(H,11,12,14). The summed E-state index contributed by atoms with van der Waals surface area (Å²) in [5.74, 6) is 2.81. The van der Waals surface area contributed by atoms with Crippen LogP contribution in [0.3, 0.4) is 0 Å². The topological polar surface area (TPSA) is 49.0 Å². The average Bonchev–Trinajstić information content (AvgIpc) is 2.74. The summed E-state index contributed by atoms with van der Waals surface area (Å²) in [7, 11) is 1.93. The molecule has 82 valence electrons. The fourth-order valence-corrected chi connectivity index (χ4v) is 3.12. The third kappa shape index (κ3) is 2.13. The third-order valence-electron chi connectivity index (χ3n) is 2.57. The lowest BCUT2D eigenvalue weighted by Gasteiger charge is -2.24. The number of aromatic nitrogens is 2. The van der Waals surface area contributed by atoms with Crippen LogP contribution in [0.25, 0.3) is 0 Å². The molecule has 0 bridgehead atoms. The minimum atomic E-state index is -0.279. The maximum absolute atomic E-state index is 11.3. The predicted molar refractivity (Wildman–Crippen MR) is 64.0 cm³/mol. The zero-order chi connectivity index (χ0) is 10.8. The Balaban J connectivity index is 2.28. The van der Waals surface area contributed by atoms with Crippen LogP contribution in [0.4, 0.5) is 5.82 Å². The molecule has 1 aromatic heterocycles. The molecule has 1 aliphatic rings. The summed E-state index contributed by atoms with van der Waals surface area (Å²) in [6.07, 6.45) is 2.51. The molecular weight excluding hydrogens is 234 g/mol.